The molecule has 20 heavy (non-hydrogen) atoms. The number of hydrogen-bond acceptors (Lipinski definition) is 2. The van der Waals surface area contributed by atoms with E-state index in [0.29, 0.717) is 18.5 Å². The van der Waals surface area contributed by atoms with Crippen LogP contribution in [0.25, 0.3) is 0 Å². The van der Waals surface area contributed by atoms with Crippen LogP contribution in [0.5, 0.6) is 0 Å². The molecule has 0 amide bonds. The van der Waals surface area contributed by atoms with E-state index >= 15 is 0 Å². The van der Waals surface area contributed by atoms with Gasteiger partial charge >= 0.3 is 5.97 Å². The zero-order valence-electron chi connectivity index (χ0n) is 12.5. The highest BCUT2D eigenvalue weighted by atomic mass is 16.4. The van der Waals surface area contributed by atoms with Gasteiger partial charge in [0.2, 0.25) is 0 Å². The average molecular weight is 275 g/mol. The predicted octanol–water partition coefficient (Wildman–Crippen LogP) is 3.85. The van der Waals surface area contributed by atoms with Gasteiger partial charge in [-0.3, -0.25) is 4.79 Å². The maximum Gasteiger partial charge on any atom is 0.305 e. The molecule has 0 radical (unpaired) electrons. The largest absolute Gasteiger partial charge is 0.481 e. The Kier molecular flexibility index (Phi) is 5.05. The molecule has 2 unspecified atom stereocenters. The second-order valence-electron chi connectivity index (χ2n) is 5.84. The van der Waals surface area contributed by atoms with Crippen molar-refractivity contribution in [1.82, 2.24) is 0 Å². The van der Waals surface area contributed by atoms with E-state index in [1.165, 1.54) is 36.9 Å². The third-order valence-corrected chi connectivity index (χ3v) is 4.48. The molecule has 2 rings (SSSR count). The van der Waals surface area contributed by atoms with Crippen LogP contribution in [0, 0.1) is 12.8 Å². The lowest BCUT2D eigenvalue weighted by Gasteiger charge is -2.34. The molecule has 110 valence electrons. The van der Waals surface area contributed by atoms with Crippen molar-refractivity contribution in [3.05, 3.63) is 29.8 Å². The van der Waals surface area contributed by atoms with Crippen LogP contribution in [0.2, 0.25) is 0 Å². The van der Waals surface area contributed by atoms with Crippen LogP contribution >= 0.6 is 0 Å². The van der Waals surface area contributed by atoms with E-state index in [-0.39, 0.29) is 6.42 Å². The van der Waals surface area contributed by atoms with Crippen molar-refractivity contribution in [3.63, 3.8) is 0 Å². The van der Waals surface area contributed by atoms with E-state index < -0.39 is 5.97 Å². The molecular weight excluding hydrogens is 250 g/mol. The summed E-state index contributed by atoms with van der Waals surface area (Å²) in [5.74, 6) is -0.0155. The van der Waals surface area contributed by atoms with Gasteiger partial charge in [0.25, 0.3) is 0 Å². The molecule has 1 aromatic carbocycles. The van der Waals surface area contributed by atoms with Crippen molar-refractivity contribution in [2.75, 3.05) is 11.4 Å². The fourth-order valence-corrected chi connectivity index (χ4v) is 3.34. The minimum Gasteiger partial charge on any atom is -0.481 e. The van der Waals surface area contributed by atoms with Crippen molar-refractivity contribution in [3.8, 4) is 0 Å². The Morgan fingerprint density at radius 3 is 2.60 bits per heavy atom. The number of carbonyl (C=O) groups is 1. The molecule has 1 fully saturated rings. The van der Waals surface area contributed by atoms with Gasteiger partial charge < -0.3 is 10.0 Å². The van der Waals surface area contributed by atoms with E-state index in [9.17, 15) is 4.79 Å². The standard InChI is InChI=1S/C17H25NO2/c1-3-14-5-4-6-16(14)18(12-11-17(19)20)15-9-7-13(2)8-10-15/h7-10,14,16H,3-6,11-12H2,1-2H3,(H,19,20). The fraction of sp³-hybridized carbons (Fsp3) is 0.588. The zero-order chi connectivity index (χ0) is 14.5. The minimum atomic E-state index is -0.715. The predicted molar refractivity (Wildman–Crippen MR) is 82.2 cm³/mol. The third kappa shape index (κ3) is 3.53. The Morgan fingerprint density at radius 2 is 2.00 bits per heavy atom. The molecule has 0 aromatic heterocycles. The molecule has 1 aliphatic rings. The number of benzene rings is 1. The second kappa shape index (κ2) is 6.78. The normalized spacial score (nSPS) is 21.9. The highest BCUT2D eigenvalue weighted by molar-refractivity contribution is 5.67. The van der Waals surface area contributed by atoms with Gasteiger partial charge in [0.1, 0.15) is 0 Å². The molecule has 0 spiro atoms. The van der Waals surface area contributed by atoms with Crippen LogP contribution in [0.3, 0.4) is 0 Å². The zero-order valence-corrected chi connectivity index (χ0v) is 12.5. The molecule has 3 heteroatoms. The number of nitrogens with zero attached hydrogens (tertiary/aromatic N) is 1. The fourth-order valence-electron chi connectivity index (χ4n) is 3.34. The van der Waals surface area contributed by atoms with Crippen LogP contribution in [0.1, 0.15) is 44.6 Å². The van der Waals surface area contributed by atoms with Crippen molar-refractivity contribution >= 4 is 11.7 Å². The van der Waals surface area contributed by atoms with Gasteiger partial charge in [-0.1, -0.05) is 37.5 Å². The summed E-state index contributed by atoms with van der Waals surface area (Å²) in [6.07, 6.45) is 5.11. The summed E-state index contributed by atoms with van der Waals surface area (Å²) in [4.78, 5) is 13.3. The summed E-state index contributed by atoms with van der Waals surface area (Å²) >= 11 is 0. The number of hydrogen-bond donors (Lipinski definition) is 1. The average Bonchev–Trinajstić information content (AvgIpc) is 2.89. The van der Waals surface area contributed by atoms with Gasteiger partial charge in [0, 0.05) is 18.3 Å². The molecular formula is C17H25NO2. The Hall–Kier alpha value is -1.51. The summed E-state index contributed by atoms with van der Waals surface area (Å²) in [6.45, 7) is 4.93. The Bertz CT molecular complexity index is 441. The van der Waals surface area contributed by atoms with Gasteiger partial charge in [-0.25, -0.2) is 0 Å². The first kappa shape index (κ1) is 14.9. The Morgan fingerprint density at radius 1 is 1.30 bits per heavy atom. The smallest absolute Gasteiger partial charge is 0.305 e. The van der Waals surface area contributed by atoms with Crippen molar-refractivity contribution in [1.29, 1.82) is 0 Å². The first-order valence-corrected chi connectivity index (χ1v) is 7.67. The molecule has 2 atom stereocenters. The lowest BCUT2D eigenvalue weighted by molar-refractivity contribution is -0.136. The van der Waals surface area contributed by atoms with Crippen molar-refractivity contribution in [2.24, 2.45) is 5.92 Å². The summed E-state index contributed by atoms with van der Waals surface area (Å²) in [5, 5.41) is 8.99. The van der Waals surface area contributed by atoms with E-state index in [1.54, 1.807) is 0 Å². The van der Waals surface area contributed by atoms with Gasteiger partial charge in [0.15, 0.2) is 0 Å². The van der Waals surface area contributed by atoms with Gasteiger partial charge in [-0.2, -0.15) is 0 Å². The molecule has 1 N–H and O–H groups in total. The summed E-state index contributed by atoms with van der Waals surface area (Å²) in [7, 11) is 0. The van der Waals surface area contributed by atoms with Crippen LogP contribution in [0.15, 0.2) is 24.3 Å². The van der Waals surface area contributed by atoms with Gasteiger partial charge in [-0.05, 0) is 37.8 Å². The highest BCUT2D eigenvalue weighted by Crippen LogP contribution is 2.35. The first-order valence-electron chi connectivity index (χ1n) is 7.67. The number of rotatable bonds is 6. The van der Waals surface area contributed by atoms with E-state index in [0.717, 1.165) is 0 Å². The van der Waals surface area contributed by atoms with Crippen LogP contribution < -0.4 is 4.90 Å². The number of aliphatic carboxylic acids is 1. The van der Waals surface area contributed by atoms with Gasteiger partial charge in [-0.15, -0.1) is 0 Å². The second-order valence-corrected chi connectivity index (χ2v) is 5.84. The first-order chi connectivity index (χ1) is 9.61. The van der Waals surface area contributed by atoms with Crippen molar-refractivity contribution < 1.29 is 9.90 Å². The Labute approximate surface area is 121 Å². The summed E-state index contributed by atoms with van der Waals surface area (Å²) < 4.78 is 0. The van der Waals surface area contributed by atoms with E-state index in [2.05, 4.69) is 43.0 Å². The maximum atomic E-state index is 10.9. The minimum absolute atomic E-state index is 0.209. The number of aryl methyl sites for hydroxylation is 1. The monoisotopic (exact) mass is 275 g/mol. The molecule has 0 heterocycles. The topological polar surface area (TPSA) is 40.5 Å². The van der Waals surface area contributed by atoms with Crippen LogP contribution in [-0.4, -0.2) is 23.7 Å². The molecule has 1 aromatic rings. The molecule has 1 saturated carbocycles. The van der Waals surface area contributed by atoms with Gasteiger partial charge in [0.05, 0.1) is 6.42 Å². The highest BCUT2D eigenvalue weighted by Gasteiger charge is 2.31. The number of anilines is 1. The van der Waals surface area contributed by atoms with E-state index in [4.69, 9.17) is 5.11 Å². The van der Waals surface area contributed by atoms with E-state index in [1.807, 2.05) is 0 Å². The molecule has 0 aliphatic heterocycles. The SMILES string of the molecule is CCC1CCCC1N(CCC(=O)O)c1ccc(C)cc1. The van der Waals surface area contributed by atoms with Crippen LogP contribution in [-0.2, 0) is 4.79 Å². The summed E-state index contributed by atoms with van der Waals surface area (Å²) in [5.41, 5.74) is 2.41. The third-order valence-electron chi connectivity index (χ3n) is 4.48. The van der Waals surface area contributed by atoms with Crippen LogP contribution in [0.4, 0.5) is 5.69 Å². The molecule has 0 bridgehead atoms. The molecule has 3 nitrogen and oxygen atoms in total. The Balaban J connectivity index is 2.19. The number of carboxylic acids is 1. The molecule has 0 saturated heterocycles. The summed E-state index contributed by atoms with van der Waals surface area (Å²) in [6, 6.07) is 8.98. The number of carboxylic acid groups (broad SMARTS) is 1. The maximum absolute atomic E-state index is 10.9. The quantitative estimate of drug-likeness (QED) is 0.857. The molecule has 1 aliphatic carbocycles. The lowest BCUT2D eigenvalue weighted by Crippen LogP contribution is -2.39. The van der Waals surface area contributed by atoms with Crippen molar-refractivity contribution in [2.45, 2.75) is 52.0 Å². The lowest BCUT2D eigenvalue weighted by atomic mass is 9.98.